The van der Waals surface area contributed by atoms with Crippen molar-refractivity contribution in [3.8, 4) is 5.75 Å². The van der Waals surface area contributed by atoms with Gasteiger partial charge in [0.1, 0.15) is 5.75 Å². The summed E-state index contributed by atoms with van der Waals surface area (Å²) in [6.07, 6.45) is 3.63. The summed E-state index contributed by atoms with van der Waals surface area (Å²) in [6, 6.07) is 7.05. The Kier molecular flexibility index (Phi) is 5.87. The van der Waals surface area contributed by atoms with E-state index in [9.17, 15) is 4.79 Å². The van der Waals surface area contributed by atoms with E-state index < -0.39 is 6.10 Å². The summed E-state index contributed by atoms with van der Waals surface area (Å²) in [5, 5.41) is 8.36. The number of hydrogen-bond acceptors (Lipinski definition) is 4. The van der Waals surface area contributed by atoms with Crippen LogP contribution >= 0.6 is 11.6 Å². The van der Waals surface area contributed by atoms with Crippen LogP contribution in [0.1, 0.15) is 36.7 Å². The Morgan fingerprint density at radius 2 is 2.32 bits per heavy atom. The summed E-state index contributed by atoms with van der Waals surface area (Å²) in [6.45, 7) is 4.65. The molecule has 0 bridgehead atoms. The summed E-state index contributed by atoms with van der Waals surface area (Å²) in [5.41, 5.74) is 3.57. The molecule has 1 aliphatic heterocycles. The quantitative estimate of drug-likeness (QED) is 0.735. The molecule has 1 saturated carbocycles. The third kappa shape index (κ3) is 4.67. The van der Waals surface area contributed by atoms with Gasteiger partial charge in [-0.15, -0.1) is 0 Å². The van der Waals surface area contributed by atoms with E-state index in [-0.39, 0.29) is 5.91 Å². The van der Waals surface area contributed by atoms with Crippen LogP contribution in [0.2, 0.25) is 5.02 Å². The van der Waals surface area contributed by atoms with Gasteiger partial charge in [0.15, 0.2) is 6.10 Å². The lowest BCUT2D eigenvalue weighted by Crippen LogP contribution is -2.37. The number of ether oxygens (including phenoxy) is 2. The van der Waals surface area contributed by atoms with Crippen molar-refractivity contribution < 1.29 is 14.3 Å². The average Bonchev–Trinajstić information content (AvgIpc) is 3.44. The molecular weight excluding hydrogens is 378 g/mol. The third-order valence-corrected chi connectivity index (χ3v) is 5.48. The predicted molar refractivity (Wildman–Crippen MR) is 107 cm³/mol. The van der Waals surface area contributed by atoms with E-state index in [4.69, 9.17) is 26.2 Å². The number of amides is 1. The number of hydrogen-bond donors (Lipinski definition) is 1. The lowest BCUT2D eigenvalue weighted by Gasteiger charge is -2.16. The molecule has 0 spiro atoms. The van der Waals surface area contributed by atoms with Crippen molar-refractivity contribution in [2.75, 3.05) is 13.2 Å². The highest BCUT2D eigenvalue weighted by molar-refractivity contribution is 6.30. The van der Waals surface area contributed by atoms with Gasteiger partial charge in [-0.25, -0.2) is 0 Å². The van der Waals surface area contributed by atoms with Crippen LogP contribution in [0.5, 0.6) is 5.75 Å². The summed E-state index contributed by atoms with van der Waals surface area (Å²) >= 11 is 5.95. The minimum Gasteiger partial charge on any atom is -0.481 e. The standard InChI is InChI=1S/C21H26ClN3O3/c1-14(28-17-4-2-3-16(22)11-17)21(26)23-9-7-19-18-13-27-10-8-20(18)25(24-19)12-15-5-6-15/h2-4,11,14-15H,5-10,12-13H2,1H3,(H,23,26). The fourth-order valence-electron chi connectivity index (χ4n) is 3.52. The van der Waals surface area contributed by atoms with E-state index in [0.717, 1.165) is 31.2 Å². The first-order chi connectivity index (χ1) is 13.6. The molecule has 7 heteroatoms. The Morgan fingerprint density at radius 3 is 3.11 bits per heavy atom. The van der Waals surface area contributed by atoms with E-state index in [2.05, 4.69) is 10.00 Å². The second-order valence-corrected chi connectivity index (χ2v) is 7.99. The van der Waals surface area contributed by atoms with Crippen molar-refractivity contribution in [3.63, 3.8) is 0 Å². The number of carbonyl (C=O) groups is 1. The molecule has 4 rings (SSSR count). The zero-order chi connectivity index (χ0) is 19.5. The normalized spacial score (nSPS) is 17.1. The van der Waals surface area contributed by atoms with E-state index >= 15 is 0 Å². The van der Waals surface area contributed by atoms with Crippen LogP contribution in [0, 0.1) is 5.92 Å². The van der Waals surface area contributed by atoms with Gasteiger partial charge in [-0.3, -0.25) is 9.48 Å². The zero-order valence-corrected chi connectivity index (χ0v) is 16.9. The van der Waals surface area contributed by atoms with Gasteiger partial charge in [0.05, 0.1) is 18.9 Å². The summed E-state index contributed by atoms with van der Waals surface area (Å²) < 4.78 is 13.5. The summed E-state index contributed by atoms with van der Waals surface area (Å²) in [5.74, 6) is 1.21. The van der Waals surface area contributed by atoms with Crippen molar-refractivity contribution in [2.24, 2.45) is 5.92 Å². The summed E-state index contributed by atoms with van der Waals surface area (Å²) in [7, 11) is 0. The van der Waals surface area contributed by atoms with E-state index in [1.165, 1.54) is 24.1 Å². The molecule has 2 heterocycles. The van der Waals surface area contributed by atoms with Crippen LogP contribution in [0.25, 0.3) is 0 Å². The second-order valence-electron chi connectivity index (χ2n) is 7.56. The number of aromatic nitrogens is 2. The fourth-order valence-corrected chi connectivity index (χ4v) is 3.70. The molecule has 0 radical (unpaired) electrons. The van der Waals surface area contributed by atoms with E-state index in [1.807, 2.05) is 0 Å². The van der Waals surface area contributed by atoms with Gasteiger partial charge in [0.25, 0.3) is 5.91 Å². The first-order valence-electron chi connectivity index (χ1n) is 9.95. The molecule has 1 amide bonds. The maximum Gasteiger partial charge on any atom is 0.260 e. The SMILES string of the molecule is CC(Oc1cccc(Cl)c1)C(=O)NCCc1nn(CC2CC2)c2c1COCC2. The molecule has 1 aliphatic carbocycles. The molecule has 1 N–H and O–H groups in total. The zero-order valence-electron chi connectivity index (χ0n) is 16.1. The number of nitrogens with one attached hydrogen (secondary N) is 1. The number of nitrogens with zero attached hydrogens (tertiary/aromatic N) is 2. The van der Waals surface area contributed by atoms with Crippen molar-refractivity contribution in [1.29, 1.82) is 0 Å². The van der Waals surface area contributed by atoms with Gasteiger partial charge in [0, 0.05) is 42.2 Å². The molecule has 1 unspecified atom stereocenters. The molecule has 2 aromatic rings. The van der Waals surface area contributed by atoms with Crippen molar-refractivity contribution in [3.05, 3.63) is 46.2 Å². The molecule has 1 aromatic carbocycles. The third-order valence-electron chi connectivity index (χ3n) is 5.25. The molecule has 2 aliphatic rings. The Labute approximate surface area is 170 Å². The average molecular weight is 404 g/mol. The first-order valence-corrected chi connectivity index (χ1v) is 10.3. The van der Waals surface area contributed by atoms with Crippen LogP contribution in [-0.2, 0) is 35.5 Å². The van der Waals surface area contributed by atoms with Crippen LogP contribution in [-0.4, -0.2) is 34.9 Å². The Morgan fingerprint density at radius 1 is 1.46 bits per heavy atom. The summed E-state index contributed by atoms with van der Waals surface area (Å²) in [4.78, 5) is 12.4. The molecule has 1 atom stereocenters. The lowest BCUT2D eigenvalue weighted by atomic mass is 10.1. The monoisotopic (exact) mass is 403 g/mol. The number of halogens is 1. The highest BCUT2D eigenvalue weighted by Crippen LogP contribution is 2.32. The molecule has 150 valence electrons. The van der Waals surface area contributed by atoms with Gasteiger partial charge in [0.2, 0.25) is 0 Å². The highest BCUT2D eigenvalue weighted by Gasteiger charge is 2.27. The molecule has 6 nitrogen and oxygen atoms in total. The van der Waals surface area contributed by atoms with Crippen molar-refractivity contribution in [2.45, 2.75) is 51.9 Å². The van der Waals surface area contributed by atoms with Gasteiger partial charge >= 0.3 is 0 Å². The fraction of sp³-hybridized carbons (Fsp3) is 0.524. The van der Waals surface area contributed by atoms with Gasteiger partial charge in [-0.2, -0.15) is 5.10 Å². The van der Waals surface area contributed by atoms with E-state index in [0.29, 0.717) is 30.3 Å². The Bertz CT molecular complexity index is 847. The first kappa shape index (κ1) is 19.3. The van der Waals surface area contributed by atoms with Gasteiger partial charge in [-0.05, 0) is 43.9 Å². The number of benzene rings is 1. The van der Waals surface area contributed by atoms with E-state index in [1.54, 1.807) is 31.2 Å². The predicted octanol–water partition coefficient (Wildman–Crippen LogP) is 3.15. The Hall–Kier alpha value is -2.05. The highest BCUT2D eigenvalue weighted by atomic mass is 35.5. The number of carbonyl (C=O) groups excluding carboxylic acids is 1. The van der Waals surface area contributed by atoms with Gasteiger partial charge < -0.3 is 14.8 Å². The van der Waals surface area contributed by atoms with Crippen LogP contribution < -0.4 is 10.1 Å². The maximum atomic E-state index is 12.4. The topological polar surface area (TPSA) is 65.4 Å². The lowest BCUT2D eigenvalue weighted by molar-refractivity contribution is -0.127. The minimum absolute atomic E-state index is 0.150. The van der Waals surface area contributed by atoms with Crippen LogP contribution in [0.15, 0.2) is 24.3 Å². The maximum absolute atomic E-state index is 12.4. The Balaban J connectivity index is 1.31. The minimum atomic E-state index is -0.594. The smallest absolute Gasteiger partial charge is 0.260 e. The second kappa shape index (κ2) is 8.53. The molecule has 1 fully saturated rings. The van der Waals surface area contributed by atoms with Crippen molar-refractivity contribution in [1.82, 2.24) is 15.1 Å². The van der Waals surface area contributed by atoms with Crippen molar-refractivity contribution >= 4 is 17.5 Å². The molecular formula is C21H26ClN3O3. The van der Waals surface area contributed by atoms with Crippen LogP contribution in [0.3, 0.4) is 0 Å². The number of rotatable bonds is 8. The molecule has 1 aromatic heterocycles. The largest absolute Gasteiger partial charge is 0.481 e. The molecule has 28 heavy (non-hydrogen) atoms. The van der Waals surface area contributed by atoms with Crippen LogP contribution in [0.4, 0.5) is 0 Å². The number of fused-ring (bicyclic) bond motifs is 1. The molecule has 0 saturated heterocycles. The van der Waals surface area contributed by atoms with Gasteiger partial charge in [-0.1, -0.05) is 17.7 Å².